The number of benzene rings is 2. The average Bonchev–Trinajstić information content (AvgIpc) is 2.89. The molecule has 1 atom stereocenters. The van der Waals surface area contributed by atoms with E-state index in [1.54, 1.807) is 0 Å². The molecule has 3 rings (SSSR count). The monoisotopic (exact) mass is 290 g/mol. The van der Waals surface area contributed by atoms with Crippen LogP contribution in [0.3, 0.4) is 0 Å². The normalized spacial score (nSPS) is 14.4. The maximum absolute atomic E-state index is 11.6. The number of rotatable bonds is 3. The zero-order valence-electron chi connectivity index (χ0n) is 12.8. The van der Waals surface area contributed by atoms with Crippen molar-refractivity contribution in [3.63, 3.8) is 0 Å². The maximum Gasteiger partial charge on any atom is 0.228 e. The van der Waals surface area contributed by atoms with Gasteiger partial charge in [0.1, 0.15) is 0 Å². The van der Waals surface area contributed by atoms with Gasteiger partial charge in [0, 0.05) is 5.69 Å². The smallest absolute Gasteiger partial charge is 0.228 e. The average molecular weight is 290 g/mol. The molecule has 22 heavy (non-hydrogen) atoms. The lowest BCUT2D eigenvalue weighted by Gasteiger charge is -2.15. The molecule has 0 spiro atoms. The van der Waals surface area contributed by atoms with Crippen molar-refractivity contribution in [3.05, 3.63) is 64.7 Å². The standard InChI is InChI=1S/C19H18N2O/c1-12(2)13-6-8-14(9-7-13)17(11-20)16-5-3-4-15-10-18(22)21-19(15)16/h3-9,12,17H,10H2,1-2H3,(H,21,22). The lowest BCUT2D eigenvalue weighted by Crippen LogP contribution is -2.07. The van der Waals surface area contributed by atoms with Crippen molar-refractivity contribution in [1.29, 1.82) is 5.26 Å². The first kappa shape index (κ1) is 14.3. The number of amides is 1. The lowest BCUT2D eigenvalue weighted by atomic mass is 9.89. The highest BCUT2D eigenvalue weighted by Gasteiger charge is 2.25. The predicted octanol–water partition coefficient (Wildman–Crippen LogP) is 3.96. The molecule has 0 aromatic heterocycles. The summed E-state index contributed by atoms with van der Waals surface area (Å²) < 4.78 is 0. The summed E-state index contributed by atoms with van der Waals surface area (Å²) in [6, 6.07) is 16.3. The van der Waals surface area contributed by atoms with Crippen LogP contribution in [0.1, 0.15) is 47.9 Å². The molecule has 1 N–H and O–H groups in total. The molecule has 2 aromatic rings. The summed E-state index contributed by atoms with van der Waals surface area (Å²) in [6.07, 6.45) is 0.396. The molecule has 2 aromatic carbocycles. The molecule has 0 fully saturated rings. The van der Waals surface area contributed by atoms with E-state index in [4.69, 9.17) is 0 Å². The molecule has 0 bridgehead atoms. The van der Waals surface area contributed by atoms with Crippen molar-refractivity contribution >= 4 is 11.6 Å². The van der Waals surface area contributed by atoms with Crippen molar-refractivity contribution in [2.75, 3.05) is 5.32 Å². The summed E-state index contributed by atoms with van der Waals surface area (Å²) in [7, 11) is 0. The van der Waals surface area contributed by atoms with E-state index in [0.717, 1.165) is 22.4 Å². The Morgan fingerprint density at radius 3 is 2.41 bits per heavy atom. The van der Waals surface area contributed by atoms with Crippen LogP contribution in [0.4, 0.5) is 5.69 Å². The fourth-order valence-electron chi connectivity index (χ4n) is 2.91. The quantitative estimate of drug-likeness (QED) is 0.930. The van der Waals surface area contributed by atoms with Crippen LogP contribution in [0.2, 0.25) is 0 Å². The Balaban J connectivity index is 2.01. The van der Waals surface area contributed by atoms with E-state index < -0.39 is 0 Å². The van der Waals surface area contributed by atoms with E-state index in [1.807, 2.05) is 30.3 Å². The second-order valence-corrected chi connectivity index (χ2v) is 5.99. The largest absolute Gasteiger partial charge is 0.325 e. The second-order valence-electron chi connectivity index (χ2n) is 5.99. The van der Waals surface area contributed by atoms with E-state index in [0.29, 0.717) is 12.3 Å². The minimum absolute atomic E-state index is 0.00528. The van der Waals surface area contributed by atoms with E-state index >= 15 is 0 Å². The van der Waals surface area contributed by atoms with Gasteiger partial charge in [-0.15, -0.1) is 0 Å². The first-order valence-corrected chi connectivity index (χ1v) is 7.51. The number of fused-ring (bicyclic) bond motifs is 1. The van der Waals surface area contributed by atoms with Gasteiger partial charge >= 0.3 is 0 Å². The molecule has 0 saturated heterocycles. The summed E-state index contributed by atoms with van der Waals surface area (Å²) >= 11 is 0. The van der Waals surface area contributed by atoms with Gasteiger partial charge in [-0.3, -0.25) is 4.79 Å². The minimum atomic E-state index is -0.366. The highest BCUT2D eigenvalue weighted by molar-refractivity contribution is 6.00. The predicted molar refractivity (Wildman–Crippen MR) is 86.8 cm³/mol. The molecule has 0 radical (unpaired) electrons. The Morgan fingerprint density at radius 1 is 1.09 bits per heavy atom. The van der Waals surface area contributed by atoms with Gasteiger partial charge in [0.25, 0.3) is 0 Å². The highest BCUT2D eigenvalue weighted by atomic mass is 16.1. The van der Waals surface area contributed by atoms with Gasteiger partial charge in [-0.1, -0.05) is 56.3 Å². The third kappa shape index (κ3) is 2.48. The number of para-hydroxylation sites is 1. The van der Waals surface area contributed by atoms with Crippen molar-refractivity contribution in [3.8, 4) is 6.07 Å². The van der Waals surface area contributed by atoms with Gasteiger partial charge < -0.3 is 5.32 Å². The molecule has 1 aliphatic rings. The number of hydrogen-bond acceptors (Lipinski definition) is 2. The molecule has 1 unspecified atom stereocenters. The third-order valence-electron chi connectivity index (χ3n) is 4.17. The zero-order chi connectivity index (χ0) is 15.7. The summed E-state index contributed by atoms with van der Waals surface area (Å²) in [6.45, 7) is 4.30. The Morgan fingerprint density at radius 2 is 1.77 bits per heavy atom. The Labute approximate surface area is 130 Å². The van der Waals surface area contributed by atoms with E-state index in [1.165, 1.54) is 5.56 Å². The van der Waals surface area contributed by atoms with Crippen molar-refractivity contribution < 1.29 is 4.79 Å². The molecular weight excluding hydrogens is 272 g/mol. The Hall–Kier alpha value is -2.60. The molecule has 3 heteroatoms. The van der Waals surface area contributed by atoms with Crippen LogP contribution in [0.25, 0.3) is 0 Å². The third-order valence-corrected chi connectivity index (χ3v) is 4.17. The van der Waals surface area contributed by atoms with Gasteiger partial charge in [0.2, 0.25) is 5.91 Å². The summed E-state index contributed by atoms with van der Waals surface area (Å²) in [4.78, 5) is 11.6. The van der Waals surface area contributed by atoms with E-state index in [2.05, 4.69) is 37.4 Å². The second kappa shape index (κ2) is 5.65. The van der Waals surface area contributed by atoms with Crippen LogP contribution in [-0.4, -0.2) is 5.91 Å². The van der Waals surface area contributed by atoms with Gasteiger partial charge in [-0.2, -0.15) is 5.26 Å². The molecule has 110 valence electrons. The van der Waals surface area contributed by atoms with Crippen molar-refractivity contribution in [1.82, 2.24) is 0 Å². The number of nitriles is 1. The topological polar surface area (TPSA) is 52.9 Å². The van der Waals surface area contributed by atoms with Gasteiger partial charge in [-0.25, -0.2) is 0 Å². The van der Waals surface area contributed by atoms with E-state index in [-0.39, 0.29) is 11.8 Å². The first-order valence-electron chi connectivity index (χ1n) is 7.51. The van der Waals surface area contributed by atoms with Crippen LogP contribution in [0.5, 0.6) is 0 Å². The Bertz CT molecular complexity index is 754. The number of anilines is 1. The maximum atomic E-state index is 11.6. The summed E-state index contributed by atoms with van der Waals surface area (Å²) in [5.74, 6) is 0.0960. The lowest BCUT2D eigenvalue weighted by molar-refractivity contribution is -0.115. The van der Waals surface area contributed by atoms with Crippen molar-refractivity contribution in [2.45, 2.75) is 32.1 Å². The summed E-state index contributed by atoms with van der Waals surface area (Å²) in [5.41, 5.74) is 4.88. The molecule has 1 amide bonds. The molecule has 3 nitrogen and oxygen atoms in total. The molecule has 1 aliphatic heterocycles. The van der Waals surface area contributed by atoms with Crippen LogP contribution in [0.15, 0.2) is 42.5 Å². The zero-order valence-corrected chi connectivity index (χ0v) is 12.8. The fourth-order valence-corrected chi connectivity index (χ4v) is 2.91. The molecule has 0 saturated carbocycles. The van der Waals surface area contributed by atoms with Crippen LogP contribution >= 0.6 is 0 Å². The SMILES string of the molecule is CC(C)c1ccc(C(C#N)c2cccc3c2NC(=O)C3)cc1. The molecule has 1 heterocycles. The minimum Gasteiger partial charge on any atom is -0.325 e. The van der Waals surface area contributed by atoms with Crippen molar-refractivity contribution in [2.24, 2.45) is 0 Å². The Kier molecular flexibility index (Phi) is 3.68. The van der Waals surface area contributed by atoms with Gasteiger partial charge in [-0.05, 0) is 28.2 Å². The molecular formula is C19H18N2O. The van der Waals surface area contributed by atoms with Crippen LogP contribution in [0, 0.1) is 11.3 Å². The van der Waals surface area contributed by atoms with Gasteiger partial charge in [0.05, 0.1) is 18.4 Å². The van der Waals surface area contributed by atoms with E-state index in [9.17, 15) is 10.1 Å². The first-order chi connectivity index (χ1) is 10.6. The number of nitrogens with one attached hydrogen (secondary N) is 1. The van der Waals surface area contributed by atoms with Crippen LogP contribution in [-0.2, 0) is 11.2 Å². The number of nitrogens with zero attached hydrogens (tertiary/aromatic N) is 1. The number of carbonyl (C=O) groups is 1. The number of hydrogen-bond donors (Lipinski definition) is 1. The molecule has 0 aliphatic carbocycles. The summed E-state index contributed by atoms with van der Waals surface area (Å²) in [5, 5.41) is 12.5. The van der Waals surface area contributed by atoms with Crippen LogP contribution < -0.4 is 5.32 Å². The van der Waals surface area contributed by atoms with Gasteiger partial charge in [0.15, 0.2) is 0 Å². The fraction of sp³-hybridized carbons (Fsp3) is 0.263. The highest BCUT2D eigenvalue weighted by Crippen LogP contribution is 2.35. The number of carbonyl (C=O) groups excluding carboxylic acids is 1.